The second-order valence-electron chi connectivity index (χ2n) is 4.33. The summed E-state index contributed by atoms with van der Waals surface area (Å²) >= 11 is 0. The van der Waals surface area contributed by atoms with Gasteiger partial charge in [0.05, 0.1) is 0 Å². The summed E-state index contributed by atoms with van der Waals surface area (Å²) < 4.78 is 0. The summed E-state index contributed by atoms with van der Waals surface area (Å²) in [5.74, 6) is 2.04. The Kier molecular flexibility index (Phi) is 6.04. The fraction of sp³-hybridized carbons (Fsp3) is 0.909. The molecule has 0 N–H and O–H groups in total. The molecule has 0 aliphatic carbocycles. The van der Waals surface area contributed by atoms with Gasteiger partial charge < -0.3 is 4.79 Å². The van der Waals surface area contributed by atoms with Gasteiger partial charge in [0.25, 0.3) is 0 Å². The van der Waals surface area contributed by atoms with E-state index in [9.17, 15) is 4.79 Å². The van der Waals surface area contributed by atoms with Gasteiger partial charge in [-0.3, -0.25) is 0 Å². The van der Waals surface area contributed by atoms with Crippen LogP contribution in [0.15, 0.2) is 0 Å². The van der Waals surface area contributed by atoms with Gasteiger partial charge in [0.2, 0.25) is 0 Å². The minimum absolute atomic E-state index is 0.557. The Morgan fingerprint density at radius 2 is 1.58 bits per heavy atom. The number of rotatable bonds is 6. The highest BCUT2D eigenvalue weighted by Gasteiger charge is 2.11. The van der Waals surface area contributed by atoms with Gasteiger partial charge in [-0.25, -0.2) is 0 Å². The first-order chi connectivity index (χ1) is 5.57. The fourth-order valence-corrected chi connectivity index (χ4v) is 1.26. The van der Waals surface area contributed by atoms with E-state index in [-0.39, 0.29) is 0 Å². The molecule has 0 spiro atoms. The van der Waals surface area contributed by atoms with E-state index in [0.29, 0.717) is 11.8 Å². The van der Waals surface area contributed by atoms with Crippen molar-refractivity contribution < 1.29 is 4.79 Å². The lowest BCUT2D eigenvalue weighted by Crippen LogP contribution is -2.09. The van der Waals surface area contributed by atoms with Crippen molar-refractivity contribution in [1.29, 1.82) is 0 Å². The van der Waals surface area contributed by atoms with Crippen LogP contribution in [0.3, 0.4) is 0 Å². The zero-order valence-corrected chi connectivity index (χ0v) is 8.84. The molecule has 0 amide bonds. The average Bonchev–Trinajstić information content (AvgIpc) is 2.00. The standard InChI is InChI=1S/C11H22O/c1-9(2)5-6-10(3)11(4)7-8-12/h8-11H,5-7H2,1-4H3. The largest absolute Gasteiger partial charge is 0.303 e. The number of aldehydes is 1. The zero-order valence-electron chi connectivity index (χ0n) is 8.84. The summed E-state index contributed by atoms with van der Waals surface area (Å²) in [6.07, 6.45) is 4.30. The molecule has 0 aromatic heterocycles. The summed E-state index contributed by atoms with van der Waals surface area (Å²) in [5.41, 5.74) is 0. The summed E-state index contributed by atoms with van der Waals surface area (Å²) in [4.78, 5) is 10.3. The van der Waals surface area contributed by atoms with Crippen LogP contribution >= 0.6 is 0 Å². The van der Waals surface area contributed by atoms with Gasteiger partial charge in [-0.15, -0.1) is 0 Å². The van der Waals surface area contributed by atoms with E-state index in [1.54, 1.807) is 0 Å². The quantitative estimate of drug-likeness (QED) is 0.559. The third-order valence-corrected chi connectivity index (χ3v) is 2.64. The lowest BCUT2D eigenvalue weighted by atomic mass is 9.87. The molecular formula is C11H22O. The van der Waals surface area contributed by atoms with E-state index in [4.69, 9.17) is 0 Å². The van der Waals surface area contributed by atoms with Crippen LogP contribution in [0.5, 0.6) is 0 Å². The van der Waals surface area contributed by atoms with Crippen LogP contribution in [0.1, 0.15) is 47.0 Å². The Morgan fingerprint density at radius 1 is 1.00 bits per heavy atom. The van der Waals surface area contributed by atoms with E-state index in [2.05, 4.69) is 27.7 Å². The Morgan fingerprint density at radius 3 is 2.00 bits per heavy atom. The summed E-state index contributed by atoms with van der Waals surface area (Å²) in [6, 6.07) is 0. The molecule has 0 fully saturated rings. The second-order valence-corrected chi connectivity index (χ2v) is 4.33. The molecule has 0 radical (unpaired) electrons. The van der Waals surface area contributed by atoms with Crippen molar-refractivity contribution in [3.8, 4) is 0 Å². The molecule has 0 saturated heterocycles. The summed E-state index contributed by atoms with van der Waals surface area (Å²) in [5, 5.41) is 0. The molecule has 12 heavy (non-hydrogen) atoms. The highest BCUT2D eigenvalue weighted by molar-refractivity contribution is 5.49. The Balaban J connectivity index is 3.55. The third kappa shape index (κ3) is 5.34. The first kappa shape index (κ1) is 11.7. The molecule has 1 nitrogen and oxygen atoms in total. The van der Waals surface area contributed by atoms with Crippen LogP contribution in [-0.2, 0) is 4.79 Å². The third-order valence-electron chi connectivity index (χ3n) is 2.64. The highest BCUT2D eigenvalue weighted by atomic mass is 16.1. The zero-order chi connectivity index (χ0) is 9.56. The normalized spacial score (nSPS) is 16.1. The predicted octanol–water partition coefficient (Wildman–Crippen LogP) is 3.28. The number of hydrogen-bond acceptors (Lipinski definition) is 1. The smallest absolute Gasteiger partial charge is 0.120 e. The molecule has 0 rings (SSSR count). The maximum atomic E-state index is 10.3. The van der Waals surface area contributed by atoms with E-state index in [1.807, 2.05) is 0 Å². The lowest BCUT2D eigenvalue weighted by Gasteiger charge is -2.18. The molecule has 0 aromatic rings. The topological polar surface area (TPSA) is 17.1 Å². The number of carbonyl (C=O) groups is 1. The number of hydrogen-bond donors (Lipinski definition) is 0. The van der Waals surface area contributed by atoms with Crippen molar-refractivity contribution in [3.05, 3.63) is 0 Å². The highest BCUT2D eigenvalue weighted by Crippen LogP contribution is 2.21. The molecule has 0 saturated carbocycles. The van der Waals surface area contributed by atoms with Gasteiger partial charge >= 0.3 is 0 Å². The van der Waals surface area contributed by atoms with Gasteiger partial charge in [0.15, 0.2) is 0 Å². The first-order valence-corrected chi connectivity index (χ1v) is 5.01. The molecule has 1 heteroatoms. The van der Waals surface area contributed by atoms with Crippen molar-refractivity contribution in [1.82, 2.24) is 0 Å². The maximum absolute atomic E-state index is 10.3. The molecule has 0 bridgehead atoms. The van der Waals surface area contributed by atoms with Crippen LogP contribution in [0, 0.1) is 17.8 Å². The molecule has 2 unspecified atom stereocenters. The van der Waals surface area contributed by atoms with Crippen LogP contribution in [-0.4, -0.2) is 6.29 Å². The molecule has 0 aliphatic heterocycles. The van der Waals surface area contributed by atoms with E-state index >= 15 is 0 Å². The number of carbonyl (C=O) groups excluding carboxylic acids is 1. The predicted molar refractivity (Wildman–Crippen MR) is 53.1 cm³/mol. The summed E-state index contributed by atoms with van der Waals surface area (Å²) in [6.45, 7) is 8.91. The van der Waals surface area contributed by atoms with Gasteiger partial charge in [-0.05, 0) is 17.8 Å². The van der Waals surface area contributed by atoms with E-state index in [1.165, 1.54) is 12.8 Å². The Bertz CT molecular complexity index is 118. The Hall–Kier alpha value is -0.330. The maximum Gasteiger partial charge on any atom is 0.120 e. The summed E-state index contributed by atoms with van der Waals surface area (Å²) in [7, 11) is 0. The molecule has 2 atom stereocenters. The molecule has 72 valence electrons. The molecule has 0 aliphatic rings. The monoisotopic (exact) mass is 170 g/mol. The van der Waals surface area contributed by atoms with Crippen LogP contribution < -0.4 is 0 Å². The lowest BCUT2D eigenvalue weighted by molar-refractivity contribution is -0.108. The molecular weight excluding hydrogens is 148 g/mol. The van der Waals surface area contributed by atoms with Crippen molar-refractivity contribution >= 4 is 6.29 Å². The van der Waals surface area contributed by atoms with Crippen LogP contribution in [0.4, 0.5) is 0 Å². The van der Waals surface area contributed by atoms with E-state index in [0.717, 1.165) is 18.6 Å². The van der Waals surface area contributed by atoms with Crippen molar-refractivity contribution in [3.63, 3.8) is 0 Å². The fourth-order valence-electron chi connectivity index (χ4n) is 1.26. The van der Waals surface area contributed by atoms with E-state index < -0.39 is 0 Å². The minimum Gasteiger partial charge on any atom is -0.303 e. The van der Waals surface area contributed by atoms with Crippen molar-refractivity contribution in [2.45, 2.75) is 47.0 Å². The second kappa shape index (κ2) is 6.22. The van der Waals surface area contributed by atoms with Gasteiger partial charge in [0.1, 0.15) is 6.29 Å². The van der Waals surface area contributed by atoms with Crippen LogP contribution in [0.2, 0.25) is 0 Å². The van der Waals surface area contributed by atoms with Crippen LogP contribution in [0.25, 0.3) is 0 Å². The minimum atomic E-state index is 0.557. The molecule has 0 heterocycles. The Labute approximate surface area is 76.6 Å². The van der Waals surface area contributed by atoms with Crippen molar-refractivity contribution in [2.24, 2.45) is 17.8 Å². The van der Waals surface area contributed by atoms with Gasteiger partial charge in [-0.2, -0.15) is 0 Å². The average molecular weight is 170 g/mol. The van der Waals surface area contributed by atoms with Gasteiger partial charge in [-0.1, -0.05) is 40.5 Å². The van der Waals surface area contributed by atoms with Gasteiger partial charge in [0, 0.05) is 6.42 Å². The molecule has 0 aromatic carbocycles. The SMILES string of the molecule is CC(C)CCC(C)C(C)CC=O. The van der Waals surface area contributed by atoms with Crippen molar-refractivity contribution in [2.75, 3.05) is 0 Å². The first-order valence-electron chi connectivity index (χ1n) is 5.01.